The van der Waals surface area contributed by atoms with Crippen LogP contribution in [0.4, 0.5) is 5.69 Å². The molecule has 0 radical (unpaired) electrons. The summed E-state index contributed by atoms with van der Waals surface area (Å²) in [7, 11) is 1.07. The number of nitro benzene ring substituents is 1. The van der Waals surface area contributed by atoms with Crippen molar-refractivity contribution in [2.45, 2.75) is 11.8 Å². The number of non-ortho nitro benzene ring substituents is 1. The van der Waals surface area contributed by atoms with Gasteiger partial charge in [-0.3, -0.25) is 10.1 Å². The minimum Gasteiger partial charge on any atom is -0.258 e. The summed E-state index contributed by atoms with van der Waals surface area (Å²) >= 11 is 5.64. The maximum atomic E-state index is 11.1. The Labute approximate surface area is 95.2 Å². The van der Waals surface area contributed by atoms with Crippen LogP contribution in [0.25, 0.3) is 0 Å². The zero-order valence-electron chi connectivity index (χ0n) is 7.40. The van der Waals surface area contributed by atoms with Crippen molar-refractivity contribution in [3.63, 3.8) is 0 Å². The minimum atomic E-state index is -4.03. The minimum absolute atomic E-state index is 0.0107. The van der Waals surface area contributed by atoms with Gasteiger partial charge < -0.3 is 0 Å². The van der Waals surface area contributed by atoms with E-state index in [4.69, 9.17) is 22.3 Å². The summed E-state index contributed by atoms with van der Waals surface area (Å²) in [5.74, 6) is 0. The van der Waals surface area contributed by atoms with Crippen molar-refractivity contribution in [1.82, 2.24) is 0 Å². The molecule has 5 nitrogen and oxygen atoms in total. The lowest BCUT2D eigenvalue weighted by Gasteiger charge is -2.03. The zero-order valence-corrected chi connectivity index (χ0v) is 9.73. The van der Waals surface area contributed by atoms with E-state index >= 15 is 0 Å². The molecule has 8 heteroatoms. The maximum absolute atomic E-state index is 11.1. The Kier molecular flexibility index (Phi) is 3.22. The van der Waals surface area contributed by atoms with Crippen molar-refractivity contribution in [2.24, 2.45) is 0 Å². The Morgan fingerprint density at radius 3 is 2.33 bits per heavy atom. The molecule has 1 rings (SSSR count). The van der Waals surface area contributed by atoms with E-state index in [2.05, 4.69) is 0 Å². The number of halogens is 2. The van der Waals surface area contributed by atoms with Crippen molar-refractivity contribution in [3.05, 3.63) is 32.8 Å². The highest BCUT2D eigenvalue weighted by Crippen LogP contribution is 2.30. The van der Waals surface area contributed by atoms with Gasteiger partial charge in [-0.25, -0.2) is 8.42 Å². The van der Waals surface area contributed by atoms with Crippen molar-refractivity contribution < 1.29 is 13.3 Å². The molecule has 0 spiro atoms. The van der Waals surface area contributed by atoms with Gasteiger partial charge >= 0.3 is 0 Å². The number of benzene rings is 1. The molecule has 0 aliphatic rings. The van der Waals surface area contributed by atoms with Crippen LogP contribution in [0.2, 0.25) is 5.02 Å². The summed E-state index contributed by atoms with van der Waals surface area (Å²) < 4.78 is 22.1. The third-order valence-electron chi connectivity index (χ3n) is 1.75. The summed E-state index contributed by atoms with van der Waals surface area (Å²) in [6, 6.07) is 1.95. The predicted molar refractivity (Wildman–Crippen MR) is 55.9 cm³/mol. The maximum Gasteiger partial charge on any atom is 0.272 e. The second kappa shape index (κ2) is 3.96. The van der Waals surface area contributed by atoms with Gasteiger partial charge in [0, 0.05) is 22.8 Å². The summed E-state index contributed by atoms with van der Waals surface area (Å²) in [5, 5.41) is 10.4. The van der Waals surface area contributed by atoms with E-state index in [-0.39, 0.29) is 15.5 Å². The summed E-state index contributed by atoms with van der Waals surface area (Å²) in [6.45, 7) is 1.42. The second-order valence-corrected chi connectivity index (χ2v) is 5.69. The number of hydrogen-bond donors (Lipinski definition) is 0. The van der Waals surface area contributed by atoms with Crippen LogP contribution in [0.1, 0.15) is 5.56 Å². The standard InChI is InChI=1S/C7H5Cl2NO4S/c1-4-6(8)2-5(10(11)12)3-7(4)15(9,13)14/h2-3H,1H3. The van der Waals surface area contributed by atoms with Crippen molar-refractivity contribution in [3.8, 4) is 0 Å². The SMILES string of the molecule is Cc1c(Cl)cc([N+](=O)[O-])cc1S(=O)(=O)Cl. The molecule has 0 fully saturated rings. The van der Waals surface area contributed by atoms with Gasteiger partial charge in [0.05, 0.1) is 14.8 Å². The third-order valence-corrected chi connectivity index (χ3v) is 3.60. The molecule has 0 saturated carbocycles. The van der Waals surface area contributed by atoms with Crippen LogP contribution in [0.15, 0.2) is 17.0 Å². The first-order valence-corrected chi connectivity index (χ1v) is 6.31. The molecule has 0 N–H and O–H groups in total. The molecular formula is C7H5Cl2NO4S. The van der Waals surface area contributed by atoms with Gasteiger partial charge in [0.25, 0.3) is 14.7 Å². The van der Waals surface area contributed by atoms with E-state index < -0.39 is 19.7 Å². The van der Waals surface area contributed by atoms with Gasteiger partial charge in [0.2, 0.25) is 0 Å². The molecule has 0 aliphatic heterocycles. The lowest BCUT2D eigenvalue weighted by Crippen LogP contribution is -1.98. The highest BCUT2D eigenvalue weighted by molar-refractivity contribution is 8.13. The predicted octanol–water partition coefficient (Wildman–Crippen LogP) is 2.48. The van der Waals surface area contributed by atoms with Gasteiger partial charge in [0.15, 0.2) is 0 Å². The Hall–Kier alpha value is -0.850. The van der Waals surface area contributed by atoms with Crippen LogP contribution in [0, 0.1) is 17.0 Å². The van der Waals surface area contributed by atoms with E-state index in [0.29, 0.717) is 0 Å². The second-order valence-electron chi connectivity index (χ2n) is 2.75. The number of nitro groups is 1. The normalized spacial score (nSPS) is 11.4. The number of nitrogens with zero attached hydrogens (tertiary/aromatic N) is 1. The van der Waals surface area contributed by atoms with E-state index in [0.717, 1.165) is 12.1 Å². The van der Waals surface area contributed by atoms with Gasteiger partial charge in [-0.2, -0.15) is 0 Å². The monoisotopic (exact) mass is 269 g/mol. The molecule has 0 bridgehead atoms. The molecule has 0 amide bonds. The molecule has 0 aliphatic carbocycles. The highest BCUT2D eigenvalue weighted by atomic mass is 35.7. The van der Waals surface area contributed by atoms with Crippen LogP contribution in [-0.2, 0) is 9.05 Å². The smallest absolute Gasteiger partial charge is 0.258 e. The Morgan fingerprint density at radius 1 is 1.40 bits per heavy atom. The molecule has 1 aromatic rings. The Morgan fingerprint density at radius 2 is 1.93 bits per heavy atom. The van der Waals surface area contributed by atoms with Gasteiger partial charge in [-0.05, 0) is 12.5 Å². The lowest BCUT2D eigenvalue weighted by molar-refractivity contribution is -0.385. The average molecular weight is 270 g/mol. The number of hydrogen-bond acceptors (Lipinski definition) is 4. The number of rotatable bonds is 2. The van der Waals surface area contributed by atoms with Gasteiger partial charge in [0.1, 0.15) is 0 Å². The quantitative estimate of drug-likeness (QED) is 0.470. The average Bonchev–Trinajstić information content (AvgIpc) is 2.06. The van der Waals surface area contributed by atoms with E-state index in [1.54, 1.807) is 0 Å². The Balaban J connectivity index is 3.59. The molecule has 0 atom stereocenters. The third kappa shape index (κ3) is 2.58. The first-order valence-electron chi connectivity index (χ1n) is 3.62. The van der Waals surface area contributed by atoms with Crippen molar-refractivity contribution in [1.29, 1.82) is 0 Å². The molecule has 1 aromatic carbocycles. The van der Waals surface area contributed by atoms with Crippen LogP contribution < -0.4 is 0 Å². The first-order chi connectivity index (χ1) is 6.73. The molecule has 82 valence electrons. The summed E-state index contributed by atoms with van der Waals surface area (Å²) in [6.07, 6.45) is 0. The van der Waals surface area contributed by atoms with Gasteiger partial charge in [-0.1, -0.05) is 11.6 Å². The van der Waals surface area contributed by atoms with E-state index in [9.17, 15) is 18.5 Å². The zero-order chi connectivity index (χ0) is 11.8. The molecular weight excluding hydrogens is 265 g/mol. The fourth-order valence-electron chi connectivity index (χ4n) is 0.999. The summed E-state index contributed by atoms with van der Waals surface area (Å²) in [4.78, 5) is 9.37. The highest BCUT2D eigenvalue weighted by Gasteiger charge is 2.20. The topological polar surface area (TPSA) is 77.3 Å². The first kappa shape index (κ1) is 12.2. The molecule has 0 unspecified atom stereocenters. The van der Waals surface area contributed by atoms with Crippen molar-refractivity contribution >= 4 is 37.0 Å². The van der Waals surface area contributed by atoms with Crippen LogP contribution >= 0.6 is 22.3 Å². The Bertz CT molecular complexity index is 526. The lowest BCUT2D eigenvalue weighted by atomic mass is 10.2. The fraction of sp³-hybridized carbons (Fsp3) is 0.143. The van der Waals surface area contributed by atoms with Crippen molar-refractivity contribution in [2.75, 3.05) is 0 Å². The van der Waals surface area contributed by atoms with Crippen LogP contribution in [0.5, 0.6) is 0 Å². The largest absolute Gasteiger partial charge is 0.272 e. The van der Waals surface area contributed by atoms with Gasteiger partial charge in [-0.15, -0.1) is 0 Å². The van der Waals surface area contributed by atoms with Crippen LogP contribution in [-0.4, -0.2) is 13.3 Å². The van der Waals surface area contributed by atoms with Crippen LogP contribution in [0.3, 0.4) is 0 Å². The molecule has 15 heavy (non-hydrogen) atoms. The van der Waals surface area contributed by atoms with E-state index in [1.807, 2.05) is 0 Å². The fourth-order valence-corrected chi connectivity index (χ4v) is 2.49. The molecule has 0 aromatic heterocycles. The van der Waals surface area contributed by atoms with E-state index in [1.165, 1.54) is 6.92 Å². The molecule has 0 saturated heterocycles. The molecule has 0 heterocycles. The summed E-state index contributed by atoms with van der Waals surface area (Å²) in [5.41, 5.74) is -0.220.